The Balaban J connectivity index is 1.48. The van der Waals surface area contributed by atoms with Crippen LogP contribution in [0.15, 0.2) is 53.0 Å². The molecule has 2 aromatic carbocycles. The number of aromatic nitrogens is 4. The number of benzene rings is 2. The van der Waals surface area contributed by atoms with Gasteiger partial charge in [-0.05, 0) is 24.3 Å². The van der Waals surface area contributed by atoms with Crippen molar-refractivity contribution in [3.8, 4) is 22.9 Å². The minimum atomic E-state index is -0.485. The molecule has 11 heteroatoms. The van der Waals surface area contributed by atoms with Gasteiger partial charge in [-0.1, -0.05) is 23.9 Å². The highest BCUT2D eigenvalue weighted by Crippen LogP contribution is 2.34. The number of hydrogen-bond acceptors (Lipinski definition) is 8. The largest absolute Gasteiger partial charge is 0.497 e. The van der Waals surface area contributed by atoms with Crippen LogP contribution in [0.5, 0.6) is 11.5 Å². The molecule has 0 bridgehead atoms. The maximum Gasteiger partial charge on any atom is 0.230 e. The summed E-state index contributed by atoms with van der Waals surface area (Å²) in [5, 5.41) is 9.95. The Morgan fingerprint density at radius 1 is 1.18 bits per heavy atom. The number of halogens is 1. The lowest BCUT2D eigenvalue weighted by Crippen LogP contribution is -2.23. The van der Waals surface area contributed by atoms with E-state index in [1.165, 1.54) is 41.0 Å². The first-order valence-corrected chi connectivity index (χ1v) is 11.6. The van der Waals surface area contributed by atoms with Gasteiger partial charge in [0.05, 0.1) is 31.2 Å². The lowest BCUT2D eigenvalue weighted by Gasteiger charge is -2.18. The third kappa shape index (κ3) is 4.99. The number of rotatable bonds is 8. The van der Waals surface area contributed by atoms with Gasteiger partial charge in [-0.3, -0.25) is 14.8 Å². The molecule has 0 atom stereocenters. The number of aromatic amines is 1. The first-order chi connectivity index (χ1) is 16.0. The van der Waals surface area contributed by atoms with E-state index in [2.05, 4.69) is 20.2 Å². The van der Waals surface area contributed by atoms with Crippen molar-refractivity contribution in [3.63, 3.8) is 0 Å². The predicted molar refractivity (Wildman–Crippen MR) is 126 cm³/mol. The van der Waals surface area contributed by atoms with Crippen molar-refractivity contribution in [2.45, 2.75) is 17.8 Å². The number of nitrogens with one attached hydrogen (secondary N) is 1. The molecule has 4 rings (SSSR count). The number of para-hydroxylation sites is 1. The van der Waals surface area contributed by atoms with Gasteiger partial charge in [0, 0.05) is 24.1 Å². The number of thiazole rings is 1. The molecule has 0 aliphatic heterocycles. The van der Waals surface area contributed by atoms with Crippen LogP contribution < -0.4 is 14.4 Å². The minimum absolute atomic E-state index is 0.172. The molecular weight excluding hydrogens is 465 g/mol. The summed E-state index contributed by atoms with van der Waals surface area (Å²) in [6.07, 6.45) is 0. The van der Waals surface area contributed by atoms with E-state index in [0.717, 1.165) is 11.3 Å². The molecule has 0 saturated heterocycles. The average molecular weight is 486 g/mol. The Morgan fingerprint density at radius 2 is 2.00 bits per heavy atom. The number of carbonyl (C=O) groups excluding carboxylic acids is 1. The number of hydrogen-bond donors (Lipinski definition) is 1. The van der Waals surface area contributed by atoms with Gasteiger partial charge < -0.3 is 9.47 Å². The molecule has 1 N–H and O–H groups in total. The van der Waals surface area contributed by atoms with Gasteiger partial charge in [-0.25, -0.2) is 14.4 Å². The molecule has 0 unspecified atom stereocenters. The fraction of sp³-hybridized carbons (Fsp3) is 0.182. The quantitative estimate of drug-likeness (QED) is 0.349. The van der Waals surface area contributed by atoms with Crippen LogP contribution in [-0.2, 0) is 10.5 Å². The zero-order valence-electron chi connectivity index (χ0n) is 18.0. The summed E-state index contributed by atoms with van der Waals surface area (Å²) in [5.74, 6) is 1.54. The fourth-order valence-corrected chi connectivity index (χ4v) is 4.75. The normalized spacial score (nSPS) is 10.8. The minimum Gasteiger partial charge on any atom is -0.497 e. The number of thioether (sulfide) groups is 1. The summed E-state index contributed by atoms with van der Waals surface area (Å²) in [5.41, 5.74) is 1.66. The van der Waals surface area contributed by atoms with Gasteiger partial charge >= 0.3 is 0 Å². The third-order valence-corrected chi connectivity index (χ3v) is 6.37. The topological polar surface area (TPSA) is 93.2 Å². The molecule has 0 spiro atoms. The van der Waals surface area contributed by atoms with E-state index in [1.54, 1.807) is 38.5 Å². The summed E-state index contributed by atoms with van der Waals surface area (Å²) in [6, 6.07) is 11.6. The molecule has 0 aliphatic carbocycles. The predicted octanol–water partition coefficient (Wildman–Crippen LogP) is 5.06. The van der Waals surface area contributed by atoms with Crippen molar-refractivity contribution in [2.24, 2.45) is 0 Å². The number of ether oxygens (including phenoxy) is 2. The van der Waals surface area contributed by atoms with Crippen LogP contribution in [-0.4, -0.2) is 40.3 Å². The summed E-state index contributed by atoms with van der Waals surface area (Å²) < 4.78 is 24.9. The highest BCUT2D eigenvalue weighted by molar-refractivity contribution is 7.98. The standard InChI is InChI=1S/C22H20FN5O3S2/c1-13(29)28(18-7-5-4-6-17(18)23)22-24-14(12-33-22)11-32-21-25-20(26-27-21)16-9-8-15(30-2)10-19(16)31-3/h4-10,12H,11H2,1-3H3,(H,25,26,27). The van der Waals surface area contributed by atoms with Gasteiger partial charge in [0.1, 0.15) is 17.3 Å². The summed E-state index contributed by atoms with van der Waals surface area (Å²) >= 11 is 2.66. The molecule has 170 valence electrons. The number of nitrogens with zero attached hydrogens (tertiary/aromatic N) is 4. The Kier molecular flexibility index (Phi) is 6.90. The summed E-state index contributed by atoms with van der Waals surface area (Å²) in [6.45, 7) is 1.38. The maximum absolute atomic E-state index is 14.2. The van der Waals surface area contributed by atoms with Gasteiger partial charge in [-0.2, -0.15) is 0 Å². The molecule has 0 aliphatic rings. The van der Waals surface area contributed by atoms with E-state index >= 15 is 0 Å². The zero-order chi connectivity index (χ0) is 23.4. The number of carbonyl (C=O) groups is 1. The molecule has 33 heavy (non-hydrogen) atoms. The van der Waals surface area contributed by atoms with E-state index in [-0.39, 0.29) is 11.6 Å². The molecular formula is C22H20FN5O3S2. The van der Waals surface area contributed by atoms with Gasteiger partial charge in [0.25, 0.3) is 0 Å². The van der Waals surface area contributed by atoms with E-state index in [1.807, 2.05) is 17.5 Å². The van der Waals surface area contributed by atoms with Crippen LogP contribution >= 0.6 is 23.1 Å². The highest BCUT2D eigenvalue weighted by Gasteiger charge is 2.21. The second-order valence-corrected chi connectivity index (χ2v) is 8.53. The van der Waals surface area contributed by atoms with Gasteiger partial charge in [0.15, 0.2) is 11.0 Å². The maximum atomic E-state index is 14.2. The monoisotopic (exact) mass is 485 g/mol. The van der Waals surface area contributed by atoms with E-state index < -0.39 is 5.82 Å². The fourth-order valence-electron chi connectivity index (χ4n) is 3.07. The van der Waals surface area contributed by atoms with Crippen LogP contribution in [0.2, 0.25) is 0 Å². The van der Waals surface area contributed by atoms with Crippen molar-refractivity contribution < 1.29 is 18.7 Å². The smallest absolute Gasteiger partial charge is 0.230 e. The molecule has 4 aromatic rings. The second kappa shape index (κ2) is 10.0. The van der Waals surface area contributed by atoms with Crippen LogP contribution in [0.1, 0.15) is 12.6 Å². The summed E-state index contributed by atoms with van der Waals surface area (Å²) in [4.78, 5) is 22.5. The number of H-pyrrole nitrogens is 1. The van der Waals surface area contributed by atoms with E-state index in [4.69, 9.17) is 9.47 Å². The molecule has 2 heterocycles. The lowest BCUT2D eigenvalue weighted by molar-refractivity contribution is -0.115. The number of anilines is 2. The Bertz CT molecular complexity index is 1280. The lowest BCUT2D eigenvalue weighted by atomic mass is 10.2. The van der Waals surface area contributed by atoms with Gasteiger partial charge in [-0.15, -0.1) is 16.4 Å². The zero-order valence-corrected chi connectivity index (χ0v) is 19.7. The third-order valence-electron chi connectivity index (χ3n) is 4.62. The van der Waals surface area contributed by atoms with Crippen molar-refractivity contribution >= 4 is 39.8 Å². The molecule has 1 amide bonds. The first kappa shape index (κ1) is 22.7. The van der Waals surface area contributed by atoms with Crippen molar-refractivity contribution in [1.29, 1.82) is 0 Å². The molecule has 0 saturated carbocycles. The van der Waals surface area contributed by atoms with Crippen LogP contribution in [0.3, 0.4) is 0 Å². The van der Waals surface area contributed by atoms with E-state index in [9.17, 15) is 9.18 Å². The molecule has 0 radical (unpaired) electrons. The van der Waals surface area contributed by atoms with Crippen molar-refractivity contribution in [1.82, 2.24) is 20.2 Å². The SMILES string of the molecule is COc1ccc(-c2nc(SCc3csc(N(C(C)=O)c4ccccc4F)n3)n[nH]2)c(OC)c1. The highest BCUT2D eigenvalue weighted by atomic mass is 32.2. The van der Waals surface area contributed by atoms with Crippen LogP contribution in [0, 0.1) is 5.82 Å². The van der Waals surface area contributed by atoms with E-state index in [0.29, 0.717) is 33.4 Å². The number of methoxy groups -OCH3 is 2. The first-order valence-electron chi connectivity index (χ1n) is 9.77. The average Bonchev–Trinajstić information content (AvgIpc) is 3.48. The van der Waals surface area contributed by atoms with Gasteiger partial charge in [0.2, 0.25) is 11.1 Å². The second-order valence-electron chi connectivity index (χ2n) is 6.75. The van der Waals surface area contributed by atoms with Crippen molar-refractivity contribution in [3.05, 3.63) is 59.4 Å². The Labute approximate surface area is 197 Å². The Hall–Kier alpha value is -3.44. The summed E-state index contributed by atoms with van der Waals surface area (Å²) in [7, 11) is 3.17. The van der Waals surface area contributed by atoms with Crippen LogP contribution in [0.4, 0.5) is 15.2 Å². The Morgan fingerprint density at radius 3 is 2.73 bits per heavy atom. The van der Waals surface area contributed by atoms with Crippen LogP contribution in [0.25, 0.3) is 11.4 Å². The number of amides is 1. The molecule has 2 aromatic heterocycles. The van der Waals surface area contributed by atoms with Crippen molar-refractivity contribution in [2.75, 3.05) is 19.1 Å². The molecule has 0 fully saturated rings. The molecule has 8 nitrogen and oxygen atoms in total.